The maximum atomic E-state index is 13.5. The van der Waals surface area contributed by atoms with Gasteiger partial charge in [0.2, 0.25) is 0 Å². The second kappa shape index (κ2) is 9.91. The van der Waals surface area contributed by atoms with Gasteiger partial charge in [0, 0.05) is 20.3 Å². The third-order valence-corrected chi connectivity index (χ3v) is 5.43. The molecule has 0 saturated carbocycles. The van der Waals surface area contributed by atoms with E-state index in [1.807, 2.05) is 0 Å². The summed E-state index contributed by atoms with van der Waals surface area (Å²) in [6.07, 6.45) is 2.33. The van der Waals surface area contributed by atoms with Crippen LogP contribution in [-0.4, -0.2) is 43.3 Å². The normalized spacial score (nSPS) is 16.8. The predicted molar refractivity (Wildman–Crippen MR) is 115 cm³/mol. The Morgan fingerprint density at radius 2 is 2.07 bits per heavy atom. The van der Waals surface area contributed by atoms with Crippen LogP contribution in [0, 0.1) is 5.82 Å². The molecule has 0 atom stereocenters. The molecule has 0 spiro atoms. The maximum absolute atomic E-state index is 13.5. The lowest BCUT2D eigenvalue weighted by atomic mass is 10.2. The second-order valence-corrected chi connectivity index (χ2v) is 7.60. The highest BCUT2D eigenvalue weighted by atomic mass is 35.5. The molecule has 1 saturated heterocycles. The van der Waals surface area contributed by atoms with Gasteiger partial charge in [-0.05, 0) is 60.2 Å². The number of rotatable bonds is 7. The van der Waals surface area contributed by atoms with Gasteiger partial charge in [0.25, 0.3) is 5.91 Å². The molecule has 0 unspecified atom stereocenters. The number of halogens is 2. The molecular weight excluding hydrogens is 415 g/mol. The summed E-state index contributed by atoms with van der Waals surface area (Å²) in [5, 5.41) is 0.972. The largest absolute Gasteiger partial charge is 0.495 e. The van der Waals surface area contributed by atoms with Crippen molar-refractivity contribution in [2.75, 3.05) is 27.4 Å². The highest BCUT2D eigenvalue weighted by molar-refractivity contribution is 8.18. The van der Waals surface area contributed by atoms with E-state index in [0.29, 0.717) is 51.7 Å². The Kier molecular flexibility index (Phi) is 7.30. The van der Waals surface area contributed by atoms with Gasteiger partial charge in [-0.25, -0.2) is 9.38 Å². The maximum Gasteiger partial charge on any atom is 0.266 e. The number of hydrogen-bond donors (Lipinski definition) is 0. The van der Waals surface area contributed by atoms with Gasteiger partial charge >= 0.3 is 0 Å². The highest BCUT2D eigenvalue weighted by Crippen LogP contribution is 2.36. The average molecular weight is 435 g/mol. The summed E-state index contributed by atoms with van der Waals surface area (Å²) in [5.74, 6) is 0.0247. The van der Waals surface area contributed by atoms with Crippen molar-refractivity contribution in [3.8, 4) is 5.75 Å². The number of hydrogen-bond acceptors (Lipinski definition) is 5. The number of carbonyl (C=O) groups excluding carboxylic acids is 1. The number of methoxy groups -OCH3 is 2. The van der Waals surface area contributed by atoms with Crippen molar-refractivity contribution in [3.05, 3.63) is 63.8 Å². The van der Waals surface area contributed by atoms with E-state index in [-0.39, 0.29) is 11.7 Å². The highest BCUT2D eigenvalue weighted by Gasteiger charge is 2.33. The molecule has 1 aliphatic heterocycles. The molecule has 2 aromatic rings. The monoisotopic (exact) mass is 434 g/mol. The molecule has 1 fully saturated rings. The first kappa shape index (κ1) is 21.4. The number of ether oxygens (including phenoxy) is 2. The predicted octanol–water partition coefficient (Wildman–Crippen LogP) is 5.13. The van der Waals surface area contributed by atoms with Crippen molar-refractivity contribution in [3.63, 3.8) is 0 Å². The Balaban J connectivity index is 1.92. The van der Waals surface area contributed by atoms with Gasteiger partial charge in [0.1, 0.15) is 11.6 Å². The number of carbonyl (C=O) groups is 1. The summed E-state index contributed by atoms with van der Waals surface area (Å²) < 4.78 is 23.8. The molecule has 0 radical (unpaired) electrons. The summed E-state index contributed by atoms with van der Waals surface area (Å²) >= 11 is 7.43. The van der Waals surface area contributed by atoms with Gasteiger partial charge in [-0.2, -0.15) is 0 Å². The Morgan fingerprint density at radius 3 is 2.76 bits per heavy atom. The molecular formula is C21H20ClFN2O3S. The number of benzene rings is 2. The molecule has 3 rings (SSSR count). The fourth-order valence-electron chi connectivity index (χ4n) is 2.74. The molecule has 29 heavy (non-hydrogen) atoms. The lowest BCUT2D eigenvalue weighted by molar-refractivity contribution is -0.122. The zero-order valence-corrected chi connectivity index (χ0v) is 17.6. The smallest absolute Gasteiger partial charge is 0.266 e. The van der Waals surface area contributed by atoms with Gasteiger partial charge in [-0.1, -0.05) is 23.7 Å². The molecule has 0 bridgehead atoms. The molecule has 1 heterocycles. The fourth-order valence-corrected chi connectivity index (χ4v) is 4.02. The molecule has 2 aromatic carbocycles. The van der Waals surface area contributed by atoms with Crippen molar-refractivity contribution in [2.45, 2.75) is 6.42 Å². The van der Waals surface area contributed by atoms with Crippen LogP contribution in [0.3, 0.4) is 0 Å². The summed E-state index contributed by atoms with van der Waals surface area (Å²) in [6, 6.07) is 11.3. The zero-order chi connectivity index (χ0) is 20.8. The summed E-state index contributed by atoms with van der Waals surface area (Å²) in [5.41, 5.74) is 1.22. The molecule has 0 N–H and O–H groups in total. The quantitative estimate of drug-likeness (QED) is 0.448. The number of amidine groups is 1. The summed E-state index contributed by atoms with van der Waals surface area (Å²) in [7, 11) is 3.16. The van der Waals surface area contributed by atoms with E-state index in [9.17, 15) is 9.18 Å². The Morgan fingerprint density at radius 1 is 1.24 bits per heavy atom. The minimum atomic E-state index is -0.353. The van der Waals surface area contributed by atoms with Crippen molar-refractivity contribution >= 4 is 46.2 Å². The molecule has 1 amide bonds. The standard InChI is InChI=1S/C21H20ClFN2O3S/c1-27-10-4-9-25-20(26)19(12-14-5-3-6-15(23)11-14)29-21(25)24-16-7-8-18(28-2)17(22)13-16/h3,5-8,11-13H,4,9-10H2,1-2H3/b19-12+,24-21?. The van der Waals surface area contributed by atoms with Crippen LogP contribution >= 0.6 is 23.4 Å². The van der Waals surface area contributed by atoms with Crippen LogP contribution in [-0.2, 0) is 9.53 Å². The van der Waals surface area contributed by atoms with Crippen molar-refractivity contribution in [1.29, 1.82) is 0 Å². The van der Waals surface area contributed by atoms with E-state index >= 15 is 0 Å². The van der Waals surface area contributed by atoms with Crippen molar-refractivity contribution in [1.82, 2.24) is 4.90 Å². The first-order valence-electron chi connectivity index (χ1n) is 8.90. The lowest BCUT2D eigenvalue weighted by Gasteiger charge is -2.15. The van der Waals surface area contributed by atoms with E-state index in [0.717, 1.165) is 0 Å². The Labute approximate surface area is 178 Å². The van der Waals surface area contributed by atoms with E-state index in [1.165, 1.54) is 23.9 Å². The number of thioether (sulfide) groups is 1. The molecule has 8 heteroatoms. The minimum absolute atomic E-state index is 0.172. The average Bonchev–Trinajstić information content (AvgIpc) is 2.97. The van der Waals surface area contributed by atoms with Crippen LogP contribution in [0.2, 0.25) is 5.02 Å². The van der Waals surface area contributed by atoms with Crippen LogP contribution < -0.4 is 4.74 Å². The van der Waals surface area contributed by atoms with Crippen LogP contribution in [0.1, 0.15) is 12.0 Å². The Hall–Kier alpha value is -2.35. The van der Waals surface area contributed by atoms with Gasteiger partial charge in [0.15, 0.2) is 5.17 Å². The summed E-state index contributed by atoms with van der Waals surface area (Å²) in [4.78, 5) is 19.6. The van der Waals surface area contributed by atoms with Gasteiger partial charge in [-0.15, -0.1) is 0 Å². The fraction of sp³-hybridized carbons (Fsp3) is 0.238. The number of aliphatic imine (C=N–C) groups is 1. The topological polar surface area (TPSA) is 51.1 Å². The van der Waals surface area contributed by atoms with Gasteiger partial charge < -0.3 is 9.47 Å². The van der Waals surface area contributed by atoms with Crippen molar-refractivity contribution < 1.29 is 18.7 Å². The van der Waals surface area contributed by atoms with E-state index in [1.54, 1.807) is 55.5 Å². The van der Waals surface area contributed by atoms with Crippen LogP contribution in [0.5, 0.6) is 5.75 Å². The zero-order valence-electron chi connectivity index (χ0n) is 16.0. The molecule has 152 valence electrons. The van der Waals surface area contributed by atoms with Crippen LogP contribution in [0.4, 0.5) is 10.1 Å². The van der Waals surface area contributed by atoms with Gasteiger partial charge in [0.05, 0.1) is 22.7 Å². The second-order valence-electron chi connectivity index (χ2n) is 6.18. The summed E-state index contributed by atoms with van der Waals surface area (Å²) in [6.45, 7) is 0.988. The molecule has 0 aromatic heterocycles. The lowest BCUT2D eigenvalue weighted by Crippen LogP contribution is -2.30. The van der Waals surface area contributed by atoms with E-state index in [4.69, 9.17) is 21.1 Å². The first-order chi connectivity index (χ1) is 14.0. The Bertz CT molecular complexity index is 965. The number of nitrogens with zero attached hydrogens (tertiary/aromatic N) is 2. The molecule has 5 nitrogen and oxygen atoms in total. The third kappa shape index (κ3) is 5.38. The van der Waals surface area contributed by atoms with Crippen molar-refractivity contribution in [2.24, 2.45) is 4.99 Å². The van der Waals surface area contributed by atoms with E-state index < -0.39 is 0 Å². The molecule has 1 aliphatic rings. The molecule has 0 aliphatic carbocycles. The van der Waals surface area contributed by atoms with Crippen LogP contribution in [0.15, 0.2) is 52.4 Å². The number of amides is 1. The third-order valence-electron chi connectivity index (χ3n) is 4.12. The van der Waals surface area contributed by atoms with Crippen LogP contribution in [0.25, 0.3) is 6.08 Å². The minimum Gasteiger partial charge on any atom is -0.495 e. The SMILES string of the molecule is COCCCN1C(=O)/C(=C\c2cccc(F)c2)SC1=Nc1ccc(OC)c(Cl)c1. The van der Waals surface area contributed by atoms with Gasteiger partial charge in [-0.3, -0.25) is 9.69 Å². The first-order valence-corrected chi connectivity index (χ1v) is 10.1. The van der Waals surface area contributed by atoms with E-state index in [2.05, 4.69) is 4.99 Å².